The van der Waals surface area contributed by atoms with Gasteiger partial charge in [0.05, 0.1) is 6.61 Å². The van der Waals surface area contributed by atoms with Crippen molar-refractivity contribution in [3.8, 4) is 11.5 Å². The van der Waals surface area contributed by atoms with Crippen LogP contribution in [-0.2, 0) is 11.2 Å². The van der Waals surface area contributed by atoms with E-state index in [4.69, 9.17) is 4.74 Å². The summed E-state index contributed by atoms with van der Waals surface area (Å²) >= 11 is 0. The number of hydrogen-bond donors (Lipinski definition) is 2. The van der Waals surface area contributed by atoms with Gasteiger partial charge in [0.25, 0.3) is 0 Å². The fraction of sp³-hybridized carbons (Fsp3) is 0.211. The summed E-state index contributed by atoms with van der Waals surface area (Å²) < 4.78 is 5.37. The smallest absolute Gasteiger partial charge is 0.244 e. The van der Waals surface area contributed by atoms with Gasteiger partial charge in [0, 0.05) is 12.6 Å². The predicted molar refractivity (Wildman–Crippen MR) is 91.5 cm³/mol. The zero-order valence-electron chi connectivity index (χ0n) is 13.2. The van der Waals surface area contributed by atoms with Gasteiger partial charge in [0.15, 0.2) is 0 Å². The van der Waals surface area contributed by atoms with E-state index in [-0.39, 0.29) is 11.7 Å². The van der Waals surface area contributed by atoms with Gasteiger partial charge >= 0.3 is 0 Å². The third-order valence-corrected chi connectivity index (χ3v) is 3.27. The third-order valence-electron chi connectivity index (χ3n) is 3.27. The Morgan fingerprint density at radius 2 is 1.83 bits per heavy atom. The molecule has 0 saturated heterocycles. The van der Waals surface area contributed by atoms with Crippen LogP contribution in [0.15, 0.2) is 54.6 Å². The Hall–Kier alpha value is -2.75. The van der Waals surface area contributed by atoms with Crippen LogP contribution in [0.3, 0.4) is 0 Å². The monoisotopic (exact) mass is 311 g/mol. The number of rotatable bonds is 7. The molecule has 2 aromatic rings. The molecular weight excluding hydrogens is 290 g/mol. The van der Waals surface area contributed by atoms with Crippen LogP contribution in [0.4, 0.5) is 0 Å². The van der Waals surface area contributed by atoms with Crippen molar-refractivity contribution in [3.63, 3.8) is 0 Å². The minimum absolute atomic E-state index is 0.127. The first-order valence-corrected chi connectivity index (χ1v) is 7.64. The van der Waals surface area contributed by atoms with Crippen LogP contribution in [0.1, 0.15) is 18.1 Å². The summed E-state index contributed by atoms with van der Waals surface area (Å²) in [5, 5.41) is 12.0. The van der Waals surface area contributed by atoms with Crippen LogP contribution in [0, 0.1) is 0 Å². The van der Waals surface area contributed by atoms with Crippen molar-refractivity contribution in [2.75, 3.05) is 13.2 Å². The zero-order chi connectivity index (χ0) is 16.5. The molecule has 2 aromatic carbocycles. The van der Waals surface area contributed by atoms with E-state index in [2.05, 4.69) is 5.32 Å². The maximum absolute atomic E-state index is 11.8. The highest BCUT2D eigenvalue weighted by Crippen LogP contribution is 2.13. The van der Waals surface area contributed by atoms with E-state index in [1.54, 1.807) is 18.2 Å². The first-order valence-electron chi connectivity index (χ1n) is 7.64. The second kappa shape index (κ2) is 8.63. The summed E-state index contributed by atoms with van der Waals surface area (Å²) in [7, 11) is 0. The predicted octanol–water partition coefficient (Wildman–Crippen LogP) is 3.16. The number of carbonyl (C=O) groups is 1. The first-order chi connectivity index (χ1) is 11.2. The van der Waals surface area contributed by atoms with Crippen molar-refractivity contribution >= 4 is 12.0 Å². The molecule has 0 fully saturated rings. The zero-order valence-corrected chi connectivity index (χ0v) is 13.2. The van der Waals surface area contributed by atoms with Crippen LogP contribution in [-0.4, -0.2) is 24.2 Å². The molecule has 0 aliphatic heterocycles. The molecule has 120 valence electrons. The molecule has 2 N–H and O–H groups in total. The van der Waals surface area contributed by atoms with Gasteiger partial charge in [-0.2, -0.15) is 0 Å². The molecule has 0 aliphatic carbocycles. The number of nitrogens with one attached hydrogen (secondary N) is 1. The molecule has 0 atom stereocenters. The molecule has 0 spiro atoms. The van der Waals surface area contributed by atoms with Crippen molar-refractivity contribution in [1.82, 2.24) is 5.32 Å². The Labute approximate surface area is 136 Å². The first kappa shape index (κ1) is 16.6. The largest absolute Gasteiger partial charge is 0.508 e. The molecule has 4 heteroatoms. The summed E-state index contributed by atoms with van der Waals surface area (Å²) in [6.07, 6.45) is 4.01. The summed E-state index contributed by atoms with van der Waals surface area (Å²) in [6.45, 7) is 3.13. The molecule has 0 heterocycles. The standard InChI is InChI=1S/C19H21NO3/c1-2-23-18-10-5-15(6-11-18)7-12-19(22)20-14-13-16-3-8-17(21)9-4-16/h3-12,21H,2,13-14H2,1H3,(H,20,22)/b12-7+. The highest BCUT2D eigenvalue weighted by molar-refractivity contribution is 5.91. The molecule has 0 aliphatic rings. The summed E-state index contributed by atoms with van der Waals surface area (Å²) in [6, 6.07) is 14.6. The van der Waals surface area contributed by atoms with E-state index >= 15 is 0 Å². The number of benzene rings is 2. The van der Waals surface area contributed by atoms with Gasteiger partial charge in [-0.3, -0.25) is 4.79 Å². The quantitative estimate of drug-likeness (QED) is 0.772. The molecule has 1 amide bonds. The van der Waals surface area contributed by atoms with Gasteiger partial charge in [-0.25, -0.2) is 0 Å². The van der Waals surface area contributed by atoms with E-state index in [0.29, 0.717) is 13.2 Å². The number of phenolic OH excluding ortho intramolecular Hbond substituents is 1. The van der Waals surface area contributed by atoms with Gasteiger partial charge < -0.3 is 15.2 Å². The lowest BCUT2D eigenvalue weighted by Gasteiger charge is -2.03. The van der Waals surface area contributed by atoms with E-state index in [1.807, 2.05) is 43.3 Å². The van der Waals surface area contributed by atoms with Crippen LogP contribution in [0.2, 0.25) is 0 Å². The SMILES string of the molecule is CCOc1ccc(/C=C/C(=O)NCCc2ccc(O)cc2)cc1. The van der Waals surface area contributed by atoms with Gasteiger partial charge in [-0.15, -0.1) is 0 Å². The fourth-order valence-corrected chi connectivity index (χ4v) is 2.07. The molecule has 4 nitrogen and oxygen atoms in total. The molecule has 0 unspecified atom stereocenters. The Balaban J connectivity index is 1.76. The maximum atomic E-state index is 11.8. The Morgan fingerprint density at radius 3 is 2.48 bits per heavy atom. The van der Waals surface area contributed by atoms with E-state index < -0.39 is 0 Å². The molecular formula is C19H21NO3. The van der Waals surface area contributed by atoms with Crippen molar-refractivity contribution in [2.45, 2.75) is 13.3 Å². The van der Waals surface area contributed by atoms with Crippen LogP contribution in [0.25, 0.3) is 6.08 Å². The Bertz CT molecular complexity index is 645. The number of carbonyl (C=O) groups excluding carboxylic acids is 1. The van der Waals surface area contributed by atoms with Crippen molar-refractivity contribution < 1.29 is 14.6 Å². The van der Waals surface area contributed by atoms with Gasteiger partial charge in [-0.05, 0) is 54.8 Å². The lowest BCUT2D eigenvalue weighted by molar-refractivity contribution is -0.116. The number of amides is 1. The fourth-order valence-electron chi connectivity index (χ4n) is 2.07. The van der Waals surface area contributed by atoms with E-state index in [1.165, 1.54) is 6.08 Å². The summed E-state index contributed by atoms with van der Waals surface area (Å²) in [5.41, 5.74) is 2.01. The highest BCUT2D eigenvalue weighted by atomic mass is 16.5. The number of ether oxygens (including phenoxy) is 1. The van der Waals surface area contributed by atoms with Crippen molar-refractivity contribution in [3.05, 3.63) is 65.7 Å². The average Bonchev–Trinajstić information content (AvgIpc) is 2.56. The van der Waals surface area contributed by atoms with Gasteiger partial charge in [-0.1, -0.05) is 24.3 Å². The van der Waals surface area contributed by atoms with Crippen LogP contribution >= 0.6 is 0 Å². The lowest BCUT2D eigenvalue weighted by atomic mass is 10.1. The highest BCUT2D eigenvalue weighted by Gasteiger charge is 1.98. The molecule has 0 radical (unpaired) electrons. The molecule has 0 saturated carbocycles. The Kier molecular flexibility index (Phi) is 6.24. The molecule has 0 bridgehead atoms. The number of aromatic hydroxyl groups is 1. The van der Waals surface area contributed by atoms with Crippen molar-refractivity contribution in [2.24, 2.45) is 0 Å². The Morgan fingerprint density at radius 1 is 1.13 bits per heavy atom. The summed E-state index contributed by atoms with van der Waals surface area (Å²) in [5.74, 6) is 0.941. The third kappa shape index (κ3) is 5.87. The minimum Gasteiger partial charge on any atom is -0.508 e. The second-order valence-electron chi connectivity index (χ2n) is 5.04. The number of phenols is 1. The molecule has 23 heavy (non-hydrogen) atoms. The normalized spacial score (nSPS) is 10.7. The second-order valence-corrected chi connectivity index (χ2v) is 5.04. The minimum atomic E-state index is -0.127. The van der Waals surface area contributed by atoms with Gasteiger partial charge in [0.1, 0.15) is 11.5 Å². The number of hydrogen-bond acceptors (Lipinski definition) is 3. The van der Waals surface area contributed by atoms with Crippen LogP contribution in [0.5, 0.6) is 11.5 Å². The van der Waals surface area contributed by atoms with Crippen molar-refractivity contribution in [1.29, 1.82) is 0 Å². The molecule has 2 rings (SSSR count). The summed E-state index contributed by atoms with van der Waals surface area (Å²) in [4.78, 5) is 11.8. The van der Waals surface area contributed by atoms with E-state index in [9.17, 15) is 9.90 Å². The van der Waals surface area contributed by atoms with Gasteiger partial charge in [0.2, 0.25) is 5.91 Å². The maximum Gasteiger partial charge on any atom is 0.244 e. The average molecular weight is 311 g/mol. The topological polar surface area (TPSA) is 58.6 Å². The lowest BCUT2D eigenvalue weighted by Crippen LogP contribution is -2.23. The molecule has 0 aromatic heterocycles. The van der Waals surface area contributed by atoms with Crippen LogP contribution < -0.4 is 10.1 Å². The van der Waals surface area contributed by atoms with E-state index in [0.717, 1.165) is 23.3 Å².